The minimum absolute atomic E-state index is 0.0144. The van der Waals surface area contributed by atoms with E-state index in [-0.39, 0.29) is 30.3 Å². The van der Waals surface area contributed by atoms with Crippen molar-refractivity contribution >= 4 is 69.4 Å². The van der Waals surface area contributed by atoms with Gasteiger partial charge in [-0.15, -0.1) is 0 Å². The Balaban J connectivity index is 1.29. The second kappa shape index (κ2) is 14.8. The number of carbonyl (C=O) groups excluding carboxylic acids is 2. The number of hydrogen-bond donors (Lipinski definition) is 2. The number of anilines is 1. The van der Waals surface area contributed by atoms with Gasteiger partial charge in [0.25, 0.3) is 5.91 Å². The minimum Gasteiger partial charge on any atom is -0.492 e. The summed E-state index contributed by atoms with van der Waals surface area (Å²) in [5.74, 6) is -1.02. The van der Waals surface area contributed by atoms with Gasteiger partial charge < -0.3 is 19.9 Å². The predicted octanol–water partition coefficient (Wildman–Crippen LogP) is 5.65. The van der Waals surface area contributed by atoms with Gasteiger partial charge in [0.2, 0.25) is 5.91 Å². The van der Waals surface area contributed by atoms with E-state index in [0.29, 0.717) is 45.5 Å². The van der Waals surface area contributed by atoms with Crippen LogP contribution in [0.5, 0.6) is 5.75 Å². The molecule has 2 aliphatic heterocycles. The molecular weight excluding hydrogens is 622 g/mol. The zero-order valence-corrected chi connectivity index (χ0v) is 26.1. The topological polar surface area (TPSA) is 108 Å². The van der Waals surface area contributed by atoms with E-state index in [4.69, 9.17) is 38.4 Å². The first-order valence-corrected chi connectivity index (χ1v) is 15.6. The van der Waals surface area contributed by atoms with Crippen molar-refractivity contribution in [3.05, 3.63) is 87.8 Å². The van der Waals surface area contributed by atoms with Crippen LogP contribution in [0.4, 0.5) is 5.69 Å². The molecule has 2 amide bonds. The van der Waals surface area contributed by atoms with Gasteiger partial charge in [0, 0.05) is 48.9 Å². The molecule has 0 aliphatic carbocycles. The molecule has 3 aromatic carbocycles. The number of carboxylic acid groups (broad SMARTS) is 1. The Kier molecular flexibility index (Phi) is 10.7. The quantitative estimate of drug-likeness (QED) is 0.201. The van der Waals surface area contributed by atoms with E-state index in [0.717, 1.165) is 36.3 Å². The normalized spacial score (nSPS) is 16.4. The Morgan fingerprint density at radius 1 is 1.05 bits per heavy atom. The van der Waals surface area contributed by atoms with E-state index >= 15 is 0 Å². The average Bonchev–Trinajstić information content (AvgIpc) is 3.28. The Morgan fingerprint density at radius 2 is 1.80 bits per heavy atom. The smallest absolute Gasteiger partial charge is 0.335 e. The van der Waals surface area contributed by atoms with Crippen LogP contribution in [0, 0.1) is 0 Å². The van der Waals surface area contributed by atoms with E-state index in [9.17, 15) is 14.4 Å². The summed E-state index contributed by atoms with van der Waals surface area (Å²) < 4.78 is 12.0. The molecule has 3 aromatic rings. The van der Waals surface area contributed by atoms with Crippen LogP contribution >= 0.6 is 35.6 Å². The molecular formula is C32H30ClN3O6S2. The number of thiocarbonyl (C=S) groups is 1. The van der Waals surface area contributed by atoms with Crippen LogP contribution in [0.15, 0.2) is 71.6 Å². The number of amides is 2. The van der Waals surface area contributed by atoms with Gasteiger partial charge in [-0.1, -0.05) is 53.8 Å². The predicted molar refractivity (Wildman–Crippen MR) is 176 cm³/mol. The van der Waals surface area contributed by atoms with Crippen molar-refractivity contribution in [1.82, 2.24) is 9.80 Å². The van der Waals surface area contributed by atoms with Crippen LogP contribution in [-0.4, -0.2) is 83.0 Å². The van der Waals surface area contributed by atoms with Crippen molar-refractivity contribution in [3.63, 3.8) is 0 Å². The lowest BCUT2D eigenvalue weighted by Crippen LogP contribution is -2.38. The summed E-state index contributed by atoms with van der Waals surface area (Å²) in [7, 11) is 0. The number of nitrogens with one attached hydrogen (secondary N) is 1. The number of carboxylic acids is 1. The van der Waals surface area contributed by atoms with Crippen LogP contribution < -0.4 is 10.1 Å². The minimum atomic E-state index is -1.05. The van der Waals surface area contributed by atoms with Gasteiger partial charge >= 0.3 is 5.97 Å². The first-order valence-electron chi connectivity index (χ1n) is 14.0. The number of halogens is 1. The molecule has 2 aliphatic rings. The molecule has 12 heteroatoms. The summed E-state index contributed by atoms with van der Waals surface area (Å²) in [4.78, 5) is 41.2. The third kappa shape index (κ3) is 8.25. The lowest BCUT2D eigenvalue weighted by atomic mass is 10.0. The summed E-state index contributed by atoms with van der Waals surface area (Å²) in [6.45, 7) is 4.49. The van der Waals surface area contributed by atoms with Crippen LogP contribution in [-0.2, 0) is 14.3 Å². The number of rotatable bonds is 11. The molecule has 228 valence electrons. The molecule has 0 spiro atoms. The first-order chi connectivity index (χ1) is 21.3. The molecule has 0 radical (unpaired) electrons. The highest BCUT2D eigenvalue weighted by Gasteiger charge is 2.32. The number of aromatic carboxylic acids is 1. The van der Waals surface area contributed by atoms with Gasteiger partial charge in [-0.3, -0.25) is 19.4 Å². The van der Waals surface area contributed by atoms with Crippen LogP contribution in [0.1, 0.15) is 22.3 Å². The largest absolute Gasteiger partial charge is 0.492 e. The number of benzene rings is 3. The number of nitrogens with zero attached hydrogens (tertiary/aromatic N) is 2. The molecule has 0 saturated carbocycles. The van der Waals surface area contributed by atoms with Gasteiger partial charge in [0.15, 0.2) is 0 Å². The molecule has 9 nitrogen and oxygen atoms in total. The number of morpholine rings is 1. The maximum absolute atomic E-state index is 13.4. The van der Waals surface area contributed by atoms with E-state index in [1.165, 1.54) is 40.9 Å². The van der Waals surface area contributed by atoms with Crippen molar-refractivity contribution in [1.29, 1.82) is 0 Å². The highest BCUT2D eigenvalue weighted by Crippen LogP contribution is 2.36. The number of carbonyl (C=O) groups is 3. The number of ether oxygens (including phenoxy) is 2. The molecule has 2 fully saturated rings. The monoisotopic (exact) mass is 651 g/mol. The standard InChI is InChI=1S/C32H30ClN3O6S2/c33-25-3-1-2-22(19-25)23-6-9-27(42-17-14-35-12-15-41-16-13-35)24(18-23)20-28-30(38)36(32(43)44-28)11-10-29(37)34-26-7-4-21(5-8-26)31(39)40/h1-9,18-20H,10-17H2,(H,34,37)(H,39,40)/b28-20-. The van der Waals surface area contributed by atoms with E-state index in [1.807, 2.05) is 42.5 Å². The van der Waals surface area contributed by atoms with Crippen molar-refractivity contribution in [2.24, 2.45) is 0 Å². The molecule has 2 N–H and O–H groups in total. The third-order valence-corrected chi connectivity index (χ3v) is 8.69. The molecule has 2 heterocycles. The maximum Gasteiger partial charge on any atom is 0.335 e. The SMILES string of the molecule is O=C(CCN1C(=O)/C(=C/c2cc(-c3cccc(Cl)c3)ccc2OCCN2CCOCC2)SC1=S)Nc1ccc(C(=O)O)cc1. The van der Waals surface area contributed by atoms with E-state index in [1.54, 1.807) is 6.08 Å². The molecule has 0 unspecified atom stereocenters. The second-order valence-electron chi connectivity index (χ2n) is 10.1. The zero-order valence-electron chi connectivity index (χ0n) is 23.7. The number of hydrogen-bond acceptors (Lipinski definition) is 8. The highest BCUT2D eigenvalue weighted by molar-refractivity contribution is 8.26. The van der Waals surface area contributed by atoms with Crippen molar-refractivity contribution in [2.45, 2.75) is 6.42 Å². The molecule has 5 rings (SSSR count). The molecule has 44 heavy (non-hydrogen) atoms. The zero-order chi connectivity index (χ0) is 31.1. The number of thioether (sulfide) groups is 1. The van der Waals surface area contributed by atoms with Crippen molar-refractivity contribution in [3.8, 4) is 16.9 Å². The third-order valence-electron chi connectivity index (χ3n) is 7.07. The fraction of sp³-hybridized carbons (Fsp3) is 0.250. The Hall–Kier alpha value is -3.74. The lowest BCUT2D eigenvalue weighted by Gasteiger charge is -2.26. The maximum atomic E-state index is 13.4. The van der Waals surface area contributed by atoms with Crippen molar-refractivity contribution < 1.29 is 29.0 Å². The summed E-state index contributed by atoms with van der Waals surface area (Å²) in [5, 5.41) is 12.4. The van der Waals surface area contributed by atoms with Gasteiger partial charge in [-0.05, 0) is 65.7 Å². The van der Waals surface area contributed by atoms with Gasteiger partial charge in [0.1, 0.15) is 16.7 Å². The lowest BCUT2D eigenvalue weighted by molar-refractivity contribution is -0.122. The fourth-order valence-electron chi connectivity index (χ4n) is 4.72. The van der Waals surface area contributed by atoms with E-state index < -0.39 is 5.97 Å². The van der Waals surface area contributed by atoms with Crippen LogP contribution in [0.2, 0.25) is 5.02 Å². The van der Waals surface area contributed by atoms with Gasteiger partial charge in [-0.2, -0.15) is 0 Å². The highest BCUT2D eigenvalue weighted by atomic mass is 35.5. The Bertz CT molecular complexity index is 1590. The Labute approximate surface area is 269 Å². The Morgan fingerprint density at radius 3 is 2.52 bits per heavy atom. The van der Waals surface area contributed by atoms with Crippen LogP contribution in [0.25, 0.3) is 17.2 Å². The van der Waals surface area contributed by atoms with Crippen LogP contribution in [0.3, 0.4) is 0 Å². The first kappa shape index (κ1) is 31.7. The van der Waals surface area contributed by atoms with Gasteiger partial charge in [0.05, 0.1) is 23.7 Å². The molecule has 0 bridgehead atoms. The summed E-state index contributed by atoms with van der Waals surface area (Å²) in [5.41, 5.74) is 3.17. The molecule has 2 saturated heterocycles. The second-order valence-corrected chi connectivity index (χ2v) is 12.2. The van der Waals surface area contributed by atoms with E-state index in [2.05, 4.69) is 10.2 Å². The van der Waals surface area contributed by atoms with Crippen molar-refractivity contribution in [2.75, 3.05) is 51.3 Å². The summed E-state index contributed by atoms with van der Waals surface area (Å²) in [6, 6.07) is 19.2. The molecule has 0 atom stereocenters. The average molecular weight is 652 g/mol. The van der Waals surface area contributed by atoms with Gasteiger partial charge in [-0.25, -0.2) is 4.79 Å². The summed E-state index contributed by atoms with van der Waals surface area (Å²) >= 11 is 12.9. The summed E-state index contributed by atoms with van der Waals surface area (Å²) in [6.07, 6.45) is 1.79. The molecule has 0 aromatic heterocycles. The fourth-order valence-corrected chi connectivity index (χ4v) is 6.21.